The lowest BCUT2D eigenvalue weighted by Crippen LogP contribution is -2.20. The van der Waals surface area contributed by atoms with Gasteiger partial charge in [-0.2, -0.15) is 5.10 Å². The van der Waals surface area contributed by atoms with Crippen LogP contribution in [0.1, 0.15) is 36.2 Å². The van der Waals surface area contributed by atoms with Crippen LogP contribution in [0.25, 0.3) is 0 Å². The zero-order valence-electron chi connectivity index (χ0n) is 11.0. The number of nitrogens with one attached hydrogen (secondary N) is 2. The predicted octanol–water partition coefficient (Wildman–Crippen LogP) is 4.37. The molecule has 2 N–H and O–H groups in total. The van der Waals surface area contributed by atoms with E-state index in [9.17, 15) is 0 Å². The van der Waals surface area contributed by atoms with E-state index in [-0.39, 0.29) is 6.04 Å². The first kappa shape index (κ1) is 14.9. The Balaban J connectivity index is 1.77. The van der Waals surface area contributed by atoms with Crippen LogP contribution in [0.5, 0.6) is 0 Å². The van der Waals surface area contributed by atoms with Crippen LogP contribution in [0.15, 0.2) is 12.3 Å². The smallest absolute Gasteiger partial charge is 0.0991 e. The molecule has 2 heterocycles. The maximum atomic E-state index is 6.14. The van der Waals surface area contributed by atoms with Crippen molar-refractivity contribution in [3.63, 3.8) is 0 Å². The van der Waals surface area contributed by atoms with Crippen LogP contribution in [0.2, 0.25) is 8.67 Å². The fourth-order valence-electron chi connectivity index (χ4n) is 1.98. The molecule has 1 unspecified atom stereocenters. The molecule has 0 saturated heterocycles. The number of thiophene rings is 1. The number of halogens is 2. The summed E-state index contributed by atoms with van der Waals surface area (Å²) in [5.41, 5.74) is 3.52. The monoisotopic (exact) mass is 317 g/mol. The van der Waals surface area contributed by atoms with Gasteiger partial charge < -0.3 is 5.32 Å². The second-order valence-electron chi connectivity index (χ2n) is 4.58. The Morgan fingerprint density at radius 1 is 1.47 bits per heavy atom. The van der Waals surface area contributed by atoms with Gasteiger partial charge in [-0.1, -0.05) is 23.2 Å². The summed E-state index contributed by atoms with van der Waals surface area (Å²) < 4.78 is 1.51. The SMILES string of the molecule is Cc1[nH]ncc1CCCNC(C)c1cc(Cl)sc1Cl. The van der Waals surface area contributed by atoms with Gasteiger partial charge in [-0.3, -0.25) is 5.10 Å². The number of hydrogen-bond acceptors (Lipinski definition) is 3. The van der Waals surface area contributed by atoms with Crippen LogP contribution in [-0.4, -0.2) is 16.7 Å². The first-order chi connectivity index (χ1) is 9.08. The van der Waals surface area contributed by atoms with E-state index in [2.05, 4.69) is 22.4 Å². The standard InChI is InChI=1S/C13H17Cl2N3S/c1-8-10(7-17-18-8)4-3-5-16-9(2)11-6-12(14)19-13(11)15/h6-7,9,16H,3-5H2,1-2H3,(H,17,18). The topological polar surface area (TPSA) is 40.7 Å². The van der Waals surface area contributed by atoms with Crippen molar-refractivity contribution < 1.29 is 0 Å². The molecule has 2 aromatic rings. The molecule has 1 atom stereocenters. The van der Waals surface area contributed by atoms with Crippen molar-refractivity contribution in [2.24, 2.45) is 0 Å². The van der Waals surface area contributed by atoms with E-state index in [0.717, 1.165) is 39.3 Å². The normalized spacial score (nSPS) is 12.8. The minimum atomic E-state index is 0.224. The fraction of sp³-hybridized carbons (Fsp3) is 0.462. The zero-order chi connectivity index (χ0) is 13.8. The number of nitrogens with zero attached hydrogens (tertiary/aromatic N) is 1. The highest BCUT2D eigenvalue weighted by molar-refractivity contribution is 7.20. The van der Waals surface area contributed by atoms with Gasteiger partial charge in [0.15, 0.2) is 0 Å². The second-order valence-corrected chi connectivity index (χ2v) is 6.86. The van der Waals surface area contributed by atoms with E-state index < -0.39 is 0 Å². The van der Waals surface area contributed by atoms with Crippen molar-refractivity contribution in [2.75, 3.05) is 6.54 Å². The largest absolute Gasteiger partial charge is 0.310 e. The highest BCUT2D eigenvalue weighted by atomic mass is 35.5. The molecule has 0 aliphatic carbocycles. The molecule has 0 aliphatic rings. The van der Waals surface area contributed by atoms with Crippen molar-refractivity contribution in [1.29, 1.82) is 0 Å². The third-order valence-corrected chi connectivity index (χ3v) is 4.68. The van der Waals surface area contributed by atoms with Crippen molar-refractivity contribution in [3.05, 3.63) is 37.8 Å². The molecule has 19 heavy (non-hydrogen) atoms. The van der Waals surface area contributed by atoms with Crippen molar-refractivity contribution in [3.8, 4) is 0 Å². The Morgan fingerprint density at radius 3 is 2.84 bits per heavy atom. The van der Waals surface area contributed by atoms with Gasteiger partial charge in [-0.05, 0) is 50.4 Å². The first-order valence-electron chi connectivity index (χ1n) is 6.25. The molecule has 0 fully saturated rings. The Kier molecular flexibility index (Phi) is 5.28. The number of H-pyrrole nitrogens is 1. The summed E-state index contributed by atoms with van der Waals surface area (Å²) in [6, 6.07) is 2.16. The maximum Gasteiger partial charge on any atom is 0.0991 e. The van der Waals surface area contributed by atoms with Crippen molar-refractivity contribution in [2.45, 2.75) is 32.7 Å². The predicted molar refractivity (Wildman–Crippen MR) is 82.4 cm³/mol. The minimum Gasteiger partial charge on any atom is -0.310 e. The van der Waals surface area contributed by atoms with E-state index in [1.807, 2.05) is 19.2 Å². The molecule has 0 aromatic carbocycles. The van der Waals surface area contributed by atoms with Gasteiger partial charge in [0.05, 0.1) is 14.9 Å². The first-order valence-corrected chi connectivity index (χ1v) is 7.82. The summed E-state index contributed by atoms with van der Waals surface area (Å²) in [5, 5.41) is 10.4. The van der Waals surface area contributed by atoms with E-state index >= 15 is 0 Å². The fourth-order valence-corrected chi connectivity index (χ4v) is 3.63. The van der Waals surface area contributed by atoms with Crippen LogP contribution in [-0.2, 0) is 6.42 Å². The zero-order valence-corrected chi connectivity index (χ0v) is 13.3. The van der Waals surface area contributed by atoms with Crippen LogP contribution in [0, 0.1) is 6.92 Å². The molecule has 0 spiro atoms. The highest BCUT2D eigenvalue weighted by Gasteiger charge is 2.12. The molecule has 0 amide bonds. The van der Waals surface area contributed by atoms with E-state index in [0.29, 0.717) is 0 Å². The molecule has 0 aliphatic heterocycles. The molecule has 0 bridgehead atoms. The average molecular weight is 318 g/mol. The van der Waals surface area contributed by atoms with E-state index in [1.54, 1.807) is 0 Å². The number of aryl methyl sites for hydroxylation is 2. The second kappa shape index (κ2) is 6.75. The van der Waals surface area contributed by atoms with Gasteiger partial charge in [0.2, 0.25) is 0 Å². The summed E-state index contributed by atoms with van der Waals surface area (Å²) in [6.07, 6.45) is 3.99. The summed E-state index contributed by atoms with van der Waals surface area (Å²) in [5.74, 6) is 0. The molecule has 2 aromatic heterocycles. The average Bonchev–Trinajstić information content (AvgIpc) is 2.91. The number of hydrogen-bond donors (Lipinski definition) is 2. The van der Waals surface area contributed by atoms with E-state index in [1.165, 1.54) is 16.9 Å². The molecule has 6 heteroatoms. The van der Waals surface area contributed by atoms with Gasteiger partial charge in [0.1, 0.15) is 0 Å². The van der Waals surface area contributed by atoms with Gasteiger partial charge in [-0.15, -0.1) is 11.3 Å². The van der Waals surface area contributed by atoms with Crippen LogP contribution >= 0.6 is 34.5 Å². The molecule has 0 saturated carbocycles. The molecule has 2 rings (SSSR count). The van der Waals surface area contributed by atoms with Crippen molar-refractivity contribution in [1.82, 2.24) is 15.5 Å². The summed E-state index contributed by atoms with van der Waals surface area (Å²) in [6.45, 7) is 5.09. The Labute approximate surface area is 127 Å². The Morgan fingerprint density at radius 2 is 2.26 bits per heavy atom. The lowest BCUT2D eigenvalue weighted by molar-refractivity contribution is 0.559. The summed E-state index contributed by atoms with van der Waals surface area (Å²) >= 11 is 13.5. The number of aromatic nitrogens is 2. The number of rotatable bonds is 6. The quantitative estimate of drug-likeness (QED) is 0.777. The molecule has 0 radical (unpaired) electrons. The lowest BCUT2D eigenvalue weighted by Gasteiger charge is -2.12. The molecule has 3 nitrogen and oxygen atoms in total. The summed E-state index contributed by atoms with van der Waals surface area (Å²) in [7, 11) is 0. The minimum absolute atomic E-state index is 0.224. The highest BCUT2D eigenvalue weighted by Crippen LogP contribution is 2.34. The van der Waals surface area contributed by atoms with Crippen molar-refractivity contribution >= 4 is 34.5 Å². The third-order valence-electron chi connectivity index (χ3n) is 3.16. The third kappa shape index (κ3) is 3.96. The van der Waals surface area contributed by atoms with Crippen LogP contribution in [0.4, 0.5) is 0 Å². The molecular formula is C13H17Cl2N3S. The maximum absolute atomic E-state index is 6.14. The van der Waals surface area contributed by atoms with Gasteiger partial charge in [0, 0.05) is 11.7 Å². The van der Waals surface area contributed by atoms with Crippen LogP contribution < -0.4 is 5.32 Å². The lowest BCUT2D eigenvalue weighted by atomic mass is 10.1. The van der Waals surface area contributed by atoms with E-state index in [4.69, 9.17) is 23.2 Å². The molecular weight excluding hydrogens is 301 g/mol. The number of aromatic amines is 1. The van der Waals surface area contributed by atoms with Crippen LogP contribution in [0.3, 0.4) is 0 Å². The van der Waals surface area contributed by atoms with Gasteiger partial charge in [0.25, 0.3) is 0 Å². The molecule has 104 valence electrons. The summed E-state index contributed by atoms with van der Waals surface area (Å²) in [4.78, 5) is 0. The van der Waals surface area contributed by atoms with Gasteiger partial charge >= 0.3 is 0 Å². The Bertz CT molecular complexity index is 536. The Hall–Kier alpha value is -0.550. The van der Waals surface area contributed by atoms with Gasteiger partial charge in [-0.25, -0.2) is 0 Å².